The molecule has 4 rings (SSSR count). The van der Waals surface area contributed by atoms with Crippen LogP contribution in [0, 0.1) is 17.6 Å². The van der Waals surface area contributed by atoms with Crippen molar-refractivity contribution >= 4 is 15.9 Å². The molecule has 0 aliphatic carbocycles. The molecule has 1 amide bonds. The summed E-state index contributed by atoms with van der Waals surface area (Å²) in [6.07, 6.45) is 1.86. The van der Waals surface area contributed by atoms with Gasteiger partial charge in [-0.15, -0.1) is 0 Å². The maximum atomic E-state index is 13.6. The largest absolute Gasteiger partial charge is 0.334 e. The summed E-state index contributed by atoms with van der Waals surface area (Å²) in [6.45, 7) is 0.755. The molecule has 2 aliphatic rings. The Hall–Kier alpha value is -2.32. The van der Waals surface area contributed by atoms with Gasteiger partial charge in [-0.25, -0.2) is 17.2 Å². The normalized spacial score (nSPS) is 23.1. The first-order valence-corrected chi connectivity index (χ1v) is 11.1. The monoisotopic (exact) mass is 420 g/mol. The maximum absolute atomic E-state index is 13.6. The number of amides is 1. The third-order valence-corrected chi connectivity index (χ3v) is 7.60. The lowest BCUT2D eigenvalue weighted by atomic mass is 9.98. The van der Waals surface area contributed by atoms with E-state index in [2.05, 4.69) is 0 Å². The molecule has 0 unspecified atom stereocenters. The molecule has 0 N–H and O–H groups in total. The molecule has 5 nitrogen and oxygen atoms in total. The van der Waals surface area contributed by atoms with Crippen molar-refractivity contribution in [3.63, 3.8) is 0 Å². The van der Waals surface area contributed by atoms with E-state index in [9.17, 15) is 22.0 Å². The minimum atomic E-state index is -3.78. The summed E-state index contributed by atoms with van der Waals surface area (Å²) < 4.78 is 54.2. The lowest BCUT2D eigenvalue weighted by Gasteiger charge is -2.30. The van der Waals surface area contributed by atoms with Crippen LogP contribution in [0.25, 0.3) is 0 Å². The lowest BCUT2D eigenvalue weighted by molar-refractivity contribution is -0.133. The number of rotatable bonds is 4. The van der Waals surface area contributed by atoms with Gasteiger partial charge in [-0.05, 0) is 60.7 Å². The van der Waals surface area contributed by atoms with E-state index in [0.717, 1.165) is 18.6 Å². The number of nitrogens with zero attached hydrogens (tertiary/aromatic N) is 2. The van der Waals surface area contributed by atoms with Crippen LogP contribution in [0.1, 0.15) is 24.8 Å². The number of benzene rings is 2. The van der Waals surface area contributed by atoms with E-state index in [1.54, 1.807) is 17.0 Å². The fraction of sp³-hybridized carbons (Fsp3) is 0.381. The van der Waals surface area contributed by atoms with Crippen LogP contribution in [0.2, 0.25) is 0 Å². The fourth-order valence-electron chi connectivity index (χ4n) is 4.29. The number of hydrogen-bond donors (Lipinski definition) is 0. The smallest absolute Gasteiger partial charge is 0.243 e. The second kappa shape index (κ2) is 7.84. The minimum Gasteiger partial charge on any atom is -0.334 e. The molecule has 2 atom stereocenters. The Morgan fingerprint density at radius 1 is 1.00 bits per heavy atom. The van der Waals surface area contributed by atoms with Crippen LogP contribution in [-0.4, -0.2) is 42.7 Å². The van der Waals surface area contributed by atoms with E-state index in [-0.39, 0.29) is 41.7 Å². The quantitative estimate of drug-likeness (QED) is 0.764. The van der Waals surface area contributed by atoms with Gasteiger partial charge in [-0.2, -0.15) is 4.31 Å². The number of carbonyl (C=O) groups excluding carboxylic acids is 1. The molecule has 0 aromatic heterocycles. The standard InChI is InChI=1S/C21H22F2N2O3S/c22-17-7-9-19(10-8-17)29(27,28)24-13-16-4-2-6-21(26)25(20(16)14-24)12-15-3-1-5-18(23)11-15/h1,3,5,7-11,16,20H,2,4,6,12-14H2/t16-,20+/m1/s1. The topological polar surface area (TPSA) is 57.7 Å². The van der Waals surface area contributed by atoms with E-state index in [4.69, 9.17) is 0 Å². The second-order valence-corrected chi connectivity index (χ2v) is 9.59. The van der Waals surface area contributed by atoms with Gasteiger partial charge in [-0.1, -0.05) is 12.1 Å². The Labute approximate surface area is 169 Å². The summed E-state index contributed by atoms with van der Waals surface area (Å²) in [5.41, 5.74) is 0.679. The number of sulfonamides is 1. The van der Waals surface area contributed by atoms with Crippen LogP contribution < -0.4 is 0 Å². The molecule has 154 valence electrons. The van der Waals surface area contributed by atoms with Gasteiger partial charge in [0.05, 0.1) is 4.90 Å². The first-order valence-electron chi connectivity index (χ1n) is 9.64. The summed E-state index contributed by atoms with van der Waals surface area (Å²) in [5.74, 6) is -0.885. The summed E-state index contributed by atoms with van der Waals surface area (Å²) >= 11 is 0. The van der Waals surface area contributed by atoms with Gasteiger partial charge in [0.15, 0.2) is 0 Å². The van der Waals surface area contributed by atoms with Crippen LogP contribution in [-0.2, 0) is 21.4 Å². The van der Waals surface area contributed by atoms with Crippen molar-refractivity contribution in [2.75, 3.05) is 13.1 Å². The zero-order chi connectivity index (χ0) is 20.6. The Bertz CT molecular complexity index is 1010. The summed E-state index contributed by atoms with van der Waals surface area (Å²) in [5, 5.41) is 0. The Morgan fingerprint density at radius 2 is 1.76 bits per heavy atom. The number of halogens is 2. The second-order valence-electron chi connectivity index (χ2n) is 7.65. The van der Waals surface area contributed by atoms with Crippen molar-refractivity contribution in [1.29, 1.82) is 0 Å². The van der Waals surface area contributed by atoms with E-state index >= 15 is 0 Å². The summed E-state index contributed by atoms with van der Waals surface area (Å²) in [7, 11) is -3.78. The van der Waals surface area contributed by atoms with Crippen molar-refractivity contribution in [2.45, 2.75) is 36.7 Å². The molecule has 2 aromatic carbocycles. The molecule has 2 heterocycles. The highest BCUT2D eigenvalue weighted by Gasteiger charge is 2.44. The van der Waals surface area contributed by atoms with Crippen LogP contribution in [0.4, 0.5) is 8.78 Å². The number of fused-ring (bicyclic) bond motifs is 1. The van der Waals surface area contributed by atoms with Gasteiger partial charge in [0.1, 0.15) is 11.6 Å². The number of carbonyl (C=O) groups is 1. The van der Waals surface area contributed by atoms with Crippen LogP contribution in [0.3, 0.4) is 0 Å². The van der Waals surface area contributed by atoms with E-state index < -0.39 is 15.8 Å². The maximum Gasteiger partial charge on any atom is 0.243 e. The van der Waals surface area contributed by atoms with E-state index in [1.807, 2.05) is 0 Å². The summed E-state index contributed by atoms with van der Waals surface area (Å²) in [6, 6.07) is 10.6. The van der Waals surface area contributed by atoms with Crippen LogP contribution in [0.15, 0.2) is 53.4 Å². The molecule has 2 fully saturated rings. The molecule has 0 radical (unpaired) electrons. The molecule has 2 saturated heterocycles. The summed E-state index contributed by atoms with van der Waals surface area (Å²) in [4.78, 5) is 14.5. The lowest BCUT2D eigenvalue weighted by Crippen LogP contribution is -2.43. The molecular weight excluding hydrogens is 398 g/mol. The average Bonchev–Trinajstić information content (AvgIpc) is 3.05. The van der Waals surface area contributed by atoms with E-state index in [1.165, 1.54) is 28.6 Å². The van der Waals surface area contributed by atoms with Crippen molar-refractivity contribution in [3.05, 3.63) is 65.7 Å². The molecular formula is C21H22F2N2O3S. The molecule has 8 heteroatoms. The number of hydrogen-bond acceptors (Lipinski definition) is 3. The third kappa shape index (κ3) is 4.04. The van der Waals surface area contributed by atoms with Gasteiger partial charge >= 0.3 is 0 Å². The van der Waals surface area contributed by atoms with Crippen LogP contribution in [0.5, 0.6) is 0 Å². The molecule has 0 saturated carbocycles. The van der Waals surface area contributed by atoms with Crippen molar-refractivity contribution < 1.29 is 22.0 Å². The zero-order valence-electron chi connectivity index (χ0n) is 15.8. The zero-order valence-corrected chi connectivity index (χ0v) is 16.6. The van der Waals surface area contributed by atoms with Crippen molar-refractivity contribution in [3.8, 4) is 0 Å². The highest BCUT2D eigenvalue weighted by Crippen LogP contribution is 2.34. The first-order chi connectivity index (χ1) is 13.8. The third-order valence-electron chi connectivity index (χ3n) is 5.75. The molecule has 2 aliphatic heterocycles. The van der Waals surface area contributed by atoms with Gasteiger partial charge in [0.2, 0.25) is 15.9 Å². The Kier molecular flexibility index (Phi) is 5.40. The molecule has 0 bridgehead atoms. The fourth-order valence-corrected chi connectivity index (χ4v) is 5.80. The van der Waals surface area contributed by atoms with Crippen LogP contribution >= 0.6 is 0 Å². The highest BCUT2D eigenvalue weighted by atomic mass is 32.2. The SMILES string of the molecule is O=C1CCC[C@@H]2CN(S(=O)(=O)c3ccc(F)cc3)C[C@@H]2N1Cc1cccc(F)c1. The van der Waals surface area contributed by atoms with Gasteiger partial charge < -0.3 is 4.90 Å². The highest BCUT2D eigenvalue weighted by molar-refractivity contribution is 7.89. The Balaban J connectivity index is 1.59. The number of likely N-dealkylation sites (tertiary alicyclic amines) is 1. The Morgan fingerprint density at radius 3 is 2.48 bits per heavy atom. The molecule has 29 heavy (non-hydrogen) atoms. The van der Waals surface area contributed by atoms with E-state index in [0.29, 0.717) is 24.9 Å². The predicted molar refractivity (Wildman–Crippen MR) is 103 cm³/mol. The molecule has 0 spiro atoms. The predicted octanol–water partition coefficient (Wildman–Crippen LogP) is 3.17. The minimum absolute atomic E-state index is 0.0187. The molecule has 2 aromatic rings. The van der Waals surface area contributed by atoms with Crippen molar-refractivity contribution in [1.82, 2.24) is 9.21 Å². The van der Waals surface area contributed by atoms with Gasteiger partial charge in [0, 0.05) is 32.1 Å². The average molecular weight is 420 g/mol. The van der Waals surface area contributed by atoms with Crippen molar-refractivity contribution in [2.24, 2.45) is 5.92 Å². The first kappa shape index (κ1) is 20.0. The van der Waals surface area contributed by atoms with Gasteiger partial charge in [0.25, 0.3) is 0 Å². The van der Waals surface area contributed by atoms with Gasteiger partial charge in [-0.3, -0.25) is 4.79 Å².